The van der Waals surface area contributed by atoms with Gasteiger partial charge in [-0.1, -0.05) is 12.2 Å². The van der Waals surface area contributed by atoms with E-state index in [0.717, 1.165) is 11.5 Å². The van der Waals surface area contributed by atoms with Gasteiger partial charge < -0.3 is 0 Å². The smallest absolute Gasteiger partial charge is 0.00950 e. The van der Waals surface area contributed by atoms with E-state index in [4.69, 9.17) is 0 Å². The monoisotopic (exact) mass is 176 g/mol. The average Bonchev–Trinajstić information content (AvgIpc) is 1.97. The highest BCUT2D eigenvalue weighted by atomic mass is 32.1. The maximum Gasteiger partial charge on any atom is -0.00950 e. The van der Waals surface area contributed by atoms with E-state index in [9.17, 15) is 0 Å². The molecular formula is C8H16S2. The SMILES string of the molecule is SCCC/C=C\CCCS. The van der Waals surface area contributed by atoms with Gasteiger partial charge in [0.25, 0.3) is 0 Å². The van der Waals surface area contributed by atoms with Crippen molar-refractivity contribution in [2.45, 2.75) is 25.7 Å². The van der Waals surface area contributed by atoms with Crippen LogP contribution in [0.15, 0.2) is 12.2 Å². The molecule has 0 aromatic heterocycles. The van der Waals surface area contributed by atoms with E-state index < -0.39 is 0 Å². The summed E-state index contributed by atoms with van der Waals surface area (Å²) in [5, 5.41) is 0. The zero-order chi connectivity index (χ0) is 7.66. The maximum atomic E-state index is 4.12. The number of hydrogen-bond donors (Lipinski definition) is 2. The molecule has 0 aliphatic carbocycles. The van der Waals surface area contributed by atoms with Crippen LogP contribution < -0.4 is 0 Å². The Balaban J connectivity index is 2.89. The summed E-state index contributed by atoms with van der Waals surface area (Å²) < 4.78 is 0. The van der Waals surface area contributed by atoms with Crippen LogP contribution >= 0.6 is 25.3 Å². The summed E-state index contributed by atoms with van der Waals surface area (Å²) in [6.07, 6.45) is 9.21. The Morgan fingerprint density at radius 2 is 1.20 bits per heavy atom. The Labute approximate surface area is 74.9 Å². The number of unbranched alkanes of at least 4 members (excludes halogenated alkanes) is 2. The van der Waals surface area contributed by atoms with Crippen LogP contribution in [0.3, 0.4) is 0 Å². The second kappa shape index (κ2) is 9.44. The summed E-state index contributed by atoms with van der Waals surface area (Å²) in [5.74, 6) is 1.99. The predicted octanol–water partition coefficient (Wildman–Crippen LogP) is 2.96. The summed E-state index contributed by atoms with van der Waals surface area (Å²) in [7, 11) is 0. The second-order valence-electron chi connectivity index (χ2n) is 2.20. The normalized spacial score (nSPS) is 11.0. The molecule has 0 saturated heterocycles. The zero-order valence-electron chi connectivity index (χ0n) is 6.29. The van der Waals surface area contributed by atoms with Crippen molar-refractivity contribution in [1.29, 1.82) is 0 Å². The molecule has 60 valence electrons. The molecule has 0 bridgehead atoms. The number of thiol groups is 2. The highest BCUT2D eigenvalue weighted by Gasteiger charge is 1.79. The van der Waals surface area contributed by atoms with Crippen LogP contribution in [-0.4, -0.2) is 11.5 Å². The molecule has 10 heavy (non-hydrogen) atoms. The lowest BCUT2D eigenvalue weighted by atomic mass is 10.2. The van der Waals surface area contributed by atoms with Gasteiger partial charge in [0.2, 0.25) is 0 Å². The fourth-order valence-corrected chi connectivity index (χ4v) is 1.02. The van der Waals surface area contributed by atoms with E-state index in [1.165, 1.54) is 25.7 Å². The van der Waals surface area contributed by atoms with Crippen LogP contribution in [0.4, 0.5) is 0 Å². The summed E-state index contributed by atoms with van der Waals surface area (Å²) in [6, 6.07) is 0. The minimum Gasteiger partial charge on any atom is -0.179 e. The van der Waals surface area contributed by atoms with E-state index >= 15 is 0 Å². The van der Waals surface area contributed by atoms with Crippen LogP contribution in [0.2, 0.25) is 0 Å². The van der Waals surface area contributed by atoms with E-state index in [1.54, 1.807) is 0 Å². The third kappa shape index (κ3) is 8.44. The van der Waals surface area contributed by atoms with E-state index in [-0.39, 0.29) is 0 Å². The van der Waals surface area contributed by atoms with Crippen molar-refractivity contribution in [3.63, 3.8) is 0 Å². The van der Waals surface area contributed by atoms with Crippen molar-refractivity contribution in [3.8, 4) is 0 Å². The minimum absolute atomic E-state index is 0.997. The molecule has 0 radical (unpaired) electrons. The first-order valence-electron chi connectivity index (χ1n) is 3.78. The molecule has 0 aromatic rings. The molecule has 0 heterocycles. The predicted molar refractivity (Wildman–Crippen MR) is 55.3 cm³/mol. The first kappa shape index (κ1) is 10.4. The maximum absolute atomic E-state index is 4.12. The third-order valence-corrected chi connectivity index (χ3v) is 1.86. The first-order valence-corrected chi connectivity index (χ1v) is 5.05. The molecule has 0 nitrogen and oxygen atoms in total. The molecule has 0 aromatic carbocycles. The third-order valence-electron chi connectivity index (χ3n) is 1.22. The summed E-state index contributed by atoms with van der Waals surface area (Å²) in [5.41, 5.74) is 0. The Morgan fingerprint density at radius 1 is 0.800 bits per heavy atom. The van der Waals surface area contributed by atoms with E-state index in [1.807, 2.05) is 0 Å². The molecule has 0 rings (SSSR count). The lowest BCUT2D eigenvalue weighted by molar-refractivity contribution is 0.936. The Bertz CT molecular complexity index is 69.3. The van der Waals surface area contributed by atoms with Crippen molar-refractivity contribution in [1.82, 2.24) is 0 Å². The largest absolute Gasteiger partial charge is 0.179 e. The van der Waals surface area contributed by atoms with Gasteiger partial charge in [0.05, 0.1) is 0 Å². The molecule has 0 fully saturated rings. The van der Waals surface area contributed by atoms with Crippen LogP contribution in [-0.2, 0) is 0 Å². The van der Waals surface area contributed by atoms with Gasteiger partial charge in [-0.2, -0.15) is 25.3 Å². The Morgan fingerprint density at radius 3 is 1.50 bits per heavy atom. The fraction of sp³-hybridized carbons (Fsp3) is 0.750. The van der Waals surface area contributed by atoms with Crippen LogP contribution in [0, 0.1) is 0 Å². The molecule has 0 atom stereocenters. The number of hydrogen-bond acceptors (Lipinski definition) is 2. The van der Waals surface area contributed by atoms with Gasteiger partial charge in [0.1, 0.15) is 0 Å². The highest BCUT2D eigenvalue weighted by molar-refractivity contribution is 7.80. The van der Waals surface area contributed by atoms with Gasteiger partial charge in [-0.25, -0.2) is 0 Å². The molecule has 0 aliphatic heterocycles. The Hall–Kier alpha value is 0.440. The fourth-order valence-electron chi connectivity index (χ4n) is 0.654. The van der Waals surface area contributed by atoms with Crippen LogP contribution in [0.25, 0.3) is 0 Å². The van der Waals surface area contributed by atoms with Crippen molar-refractivity contribution < 1.29 is 0 Å². The van der Waals surface area contributed by atoms with E-state index in [0.29, 0.717) is 0 Å². The lowest BCUT2D eigenvalue weighted by Gasteiger charge is -1.89. The standard InChI is InChI=1S/C8H16S2/c9-7-5-3-1-2-4-6-8-10/h1-2,9-10H,3-8H2/b2-1-. The van der Waals surface area contributed by atoms with Crippen molar-refractivity contribution in [2.24, 2.45) is 0 Å². The van der Waals surface area contributed by atoms with Crippen molar-refractivity contribution in [2.75, 3.05) is 11.5 Å². The van der Waals surface area contributed by atoms with Gasteiger partial charge >= 0.3 is 0 Å². The van der Waals surface area contributed by atoms with Gasteiger partial charge in [-0.05, 0) is 37.2 Å². The average molecular weight is 176 g/mol. The highest BCUT2D eigenvalue weighted by Crippen LogP contribution is 1.97. The van der Waals surface area contributed by atoms with E-state index in [2.05, 4.69) is 37.4 Å². The molecule has 0 N–H and O–H groups in total. The first-order chi connectivity index (χ1) is 4.91. The second-order valence-corrected chi connectivity index (χ2v) is 3.10. The van der Waals surface area contributed by atoms with Gasteiger partial charge in [0, 0.05) is 0 Å². The molecular weight excluding hydrogens is 160 g/mol. The van der Waals surface area contributed by atoms with Crippen molar-refractivity contribution >= 4 is 25.3 Å². The number of allylic oxidation sites excluding steroid dienone is 2. The van der Waals surface area contributed by atoms with Gasteiger partial charge in [0.15, 0.2) is 0 Å². The molecule has 2 heteroatoms. The minimum atomic E-state index is 0.997. The molecule has 0 unspecified atom stereocenters. The Kier molecular flexibility index (Phi) is 9.86. The zero-order valence-corrected chi connectivity index (χ0v) is 8.08. The van der Waals surface area contributed by atoms with Gasteiger partial charge in [-0.3, -0.25) is 0 Å². The molecule has 0 spiro atoms. The molecule has 0 aliphatic rings. The summed E-state index contributed by atoms with van der Waals surface area (Å²) in [4.78, 5) is 0. The van der Waals surface area contributed by atoms with Gasteiger partial charge in [-0.15, -0.1) is 0 Å². The summed E-state index contributed by atoms with van der Waals surface area (Å²) in [6.45, 7) is 0. The summed E-state index contributed by atoms with van der Waals surface area (Å²) >= 11 is 8.24. The van der Waals surface area contributed by atoms with Crippen molar-refractivity contribution in [3.05, 3.63) is 12.2 Å². The quantitative estimate of drug-likeness (QED) is 0.347. The number of rotatable bonds is 6. The van der Waals surface area contributed by atoms with Crippen LogP contribution in [0.1, 0.15) is 25.7 Å². The lowest BCUT2D eigenvalue weighted by Crippen LogP contribution is -1.73. The topological polar surface area (TPSA) is 0 Å². The molecule has 0 amide bonds. The molecule has 0 saturated carbocycles. The van der Waals surface area contributed by atoms with Crippen LogP contribution in [0.5, 0.6) is 0 Å².